The Morgan fingerprint density at radius 1 is 1.06 bits per heavy atom. The van der Waals surface area contributed by atoms with E-state index in [0.29, 0.717) is 24.8 Å². The molecule has 1 aromatic carbocycles. The summed E-state index contributed by atoms with van der Waals surface area (Å²) < 4.78 is 55.9. The number of sulfone groups is 1. The van der Waals surface area contributed by atoms with Gasteiger partial charge in [0.25, 0.3) is 0 Å². The molecule has 0 aromatic heterocycles. The number of hydrogen-bond donors (Lipinski definition) is 2. The molecule has 1 amide bonds. The molecule has 0 radical (unpaired) electrons. The Kier molecular flexibility index (Phi) is 9.32. The van der Waals surface area contributed by atoms with Crippen LogP contribution in [-0.4, -0.2) is 59.0 Å². The average molecular weight is 502 g/mol. The largest absolute Gasteiger partial charge is 0.469 e. The molecule has 0 saturated carbocycles. The third kappa shape index (κ3) is 9.42. The van der Waals surface area contributed by atoms with Crippen LogP contribution in [0.3, 0.4) is 0 Å². The van der Waals surface area contributed by atoms with Crippen molar-refractivity contribution < 1.29 is 36.4 Å². The first kappa shape index (κ1) is 24.7. The summed E-state index contributed by atoms with van der Waals surface area (Å²) in [6.45, 7) is 2.63. The van der Waals surface area contributed by atoms with Gasteiger partial charge in [-0.25, -0.2) is 13.8 Å². The number of hydrogen-bond acceptors (Lipinski definition) is 8. The highest BCUT2D eigenvalue weighted by Gasteiger charge is 2.36. The van der Waals surface area contributed by atoms with Crippen molar-refractivity contribution in [2.75, 3.05) is 32.7 Å². The van der Waals surface area contributed by atoms with Crippen LogP contribution in [0.4, 0.5) is 0 Å². The van der Waals surface area contributed by atoms with Crippen molar-refractivity contribution in [3.05, 3.63) is 35.4 Å². The lowest BCUT2D eigenvalue weighted by Crippen LogP contribution is -2.47. The summed E-state index contributed by atoms with van der Waals surface area (Å²) in [7, 11) is -1.26. The molecule has 0 heterocycles. The van der Waals surface area contributed by atoms with E-state index in [2.05, 4.69) is 14.9 Å². The van der Waals surface area contributed by atoms with Crippen molar-refractivity contribution in [1.29, 1.82) is 0 Å². The van der Waals surface area contributed by atoms with Gasteiger partial charge in [-0.05, 0) is 42.7 Å². The molecule has 0 aliphatic rings. The molecular weight excluding hydrogens is 460 g/mol. The van der Waals surface area contributed by atoms with Gasteiger partial charge < -0.3 is 9.47 Å². The first-order valence-corrected chi connectivity index (χ1v) is 12.8. The summed E-state index contributed by atoms with van der Waals surface area (Å²) in [6.07, 6.45) is 1.70. The average Bonchev–Trinajstić information content (AvgIpc) is 2.79. The summed E-state index contributed by atoms with van der Waals surface area (Å²) in [4.78, 5) is 36.2. The minimum atomic E-state index is -3.70. The quantitative estimate of drug-likeness (QED) is 0.293. The second kappa shape index (κ2) is 12.9. The Hall–Kier alpha value is -2.46. The fourth-order valence-electron chi connectivity index (χ4n) is 3.88. The highest BCUT2D eigenvalue weighted by molar-refractivity contribution is 7.92. The first-order valence-electron chi connectivity index (χ1n) is 12.4. The molecule has 0 fully saturated rings. The smallest absolute Gasteiger partial charge is 0.320 e. The third-order valence-electron chi connectivity index (χ3n) is 5.79. The SMILES string of the molecule is [2H]C([2H])([2H])NNC(=O)C(C)(CCCC(C)(C)CS(=O)(=O)CC(=O)OC)c1cccc(CCC(=O)OC)c1. The zero-order valence-corrected chi connectivity index (χ0v) is 21.3. The molecule has 0 spiro atoms. The Balaban J connectivity index is 3.11. The van der Waals surface area contributed by atoms with Crippen LogP contribution in [0.5, 0.6) is 0 Å². The summed E-state index contributed by atoms with van der Waals surface area (Å²) in [5.41, 5.74) is 3.89. The molecule has 0 aliphatic heterocycles. The van der Waals surface area contributed by atoms with E-state index in [9.17, 15) is 22.8 Å². The number of methoxy groups -OCH3 is 2. The lowest BCUT2D eigenvalue weighted by molar-refractivity contribution is -0.140. The predicted octanol–water partition coefficient (Wildman–Crippen LogP) is 2.08. The van der Waals surface area contributed by atoms with Crippen molar-refractivity contribution in [3.8, 4) is 0 Å². The Morgan fingerprint density at radius 3 is 2.35 bits per heavy atom. The van der Waals surface area contributed by atoms with Gasteiger partial charge in [0.05, 0.1) is 25.4 Å². The fourth-order valence-corrected chi connectivity index (χ4v) is 5.79. The van der Waals surface area contributed by atoms with E-state index < -0.39 is 45.3 Å². The normalized spacial score (nSPS) is 15.3. The van der Waals surface area contributed by atoms with Crippen LogP contribution in [0.1, 0.15) is 61.7 Å². The topological polar surface area (TPSA) is 128 Å². The third-order valence-corrected chi connectivity index (χ3v) is 7.69. The molecule has 1 unspecified atom stereocenters. The van der Waals surface area contributed by atoms with E-state index >= 15 is 0 Å². The first-order chi connectivity index (χ1) is 16.9. The highest BCUT2D eigenvalue weighted by atomic mass is 32.2. The van der Waals surface area contributed by atoms with Crippen LogP contribution >= 0.6 is 0 Å². The van der Waals surface area contributed by atoms with Gasteiger partial charge in [0.15, 0.2) is 9.84 Å². The molecule has 0 aliphatic carbocycles. The van der Waals surface area contributed by atoms with Crippen molar-refractivity contribution in [2.24, 2.45) is 5.41 Å². The number of benzene rings is 1. The van der Waals surface area contributed by atoms with Gasteiger partial charge >= 0.3 is 11.9 Å². The maximum absolute atomic E-state index is 13.2. The number of hydrazine groups is 1. The Bertz CT molecular complexity index is 1060. The standard InChI is InChI=1S/C24H38N2O7S/c1-23(2,17-34(30,31)16-21(28)33-6)13-8-14-24(3,22(29)26-25-4)19-10-7-9-18(15-19)11-12-20(27)32-5/h7,9-10,15,25H,8,11-14,16-17H2,1-6H3,(H,26,29)/i4D3. The van der Waals surface area contributed by atoms with Crippen LogP contribution in [-0.2, 0) is 45.5 Å². The molecule has 34 heavy (non-hydrogen) atoms. The van der Waals surface area contributed by atoms with E-state index in [1.54, 1.807) is 39.0 Å². The second-order valence-electron chi connectivity index (χ2n) is 9.31. The number of carbonyl (C=O) groups excluding carboxylic acids is 3. The van der Waals surface area contributed by atoms with E-state index in [4.69, 9.17) is 4.11 Å². The highest BCUT2D eigenvalue weighted by Crippen LogP contribution is 2.34. The maximum atomic E-state index is 13.2. The van der Waals surface area contributed by atoms with Crippen molar-refractivity contribution in [1.82, 2.24) is 10.9 Å². The van der Waals surface area contributed by atoms with E-state index in [1.165, 1.54) is 7.11 Å². The van der Waals surface area contributed by atoms with Crippen LogP contribution in [0.15, 0.2) is 24.3 Å². The van der Waals surface area contributed by atoms with E-state index in [-0.39, 0.29) is 24.6 Å². The fraction of sp³-hybridized carbons (Fsp3) is 0.625. The number of ether oxygens (including phenoxy) is 2. The number of rotatable bonds is 14. The molecule has 0 saturated heterocycles. The van der Waals surface area contributed by atoms with Crippen LogP contribution in [0, 0.1) is 5.41 Å². The van der Waals surface area contributed by atoms with Crippen LogP contribution in [0.25, 0.3) is 0 Å². The van der Waals surface area contributed by atoms with Gasteiger partial charge in [-0.3, -0.25) is 19.8 Å². The lowest BCUT2D eigenvalue weighted by Gasteiger charge is -2.31. The molecular formula is C24H38N2O7S. The van der Waals surface area contributed by atoms with Gasteiger partial charge in [-0.15, -0.1) is 0 Å². The minimum Gasteiger partial charge on any atom is -0.469 e. The summed E-state index contributed by atoms with van der Waals surface area (Å²) in [5, 5.41) is 0. The van der Waals surface area contributed by atoms with Crippen LogP contribution in [0.2, 0.25) is 0 Å². The molecule has 1 atom stereocenters. The van der Waals surface area contributed by atoms with Crippen molar-refractivity contribution >= 4 is 27.7 Å². The predicted molar refractivity (Wildman–Crippen MR) is 130 cm³/mol. The maximum Gasteiger partial charge on any atom is 0.320 e. The van der Waals surface area contributed by atoms with Gasteiger partial charge in [0, 0.05) is 17.5 Å². The van der Waals surface area contributed by atoms with E-state index in [0.717, 1.165) is 12.7 Å². The summed E-state index contributed by atoms with van der Waals surface area (Å²) >= 11 is 0. The minimum absolute atomic E-state index is 0.164. The summed E-state index contributed by atoms with van der Waals surface area (Å²) in [6, 6.07) is 7.13. The molecule has 9 nitrogen and oxygen atoms in total. The number of aryl methyl sites for hydroxylation is 1. The molecule has 1 rings (SSSR count). The molecule has 1 aromatic rings. The van der Waals surface area contributed by atoms with Crippen molar-refractivity contribution in [3.63, 3.8) is 0 Å². The van der Waals surface area contributed by atoms with Crippen LogP contribution < -0.4 is 10.9 Å². The number of nitrogens with one attached hydrogen (secondary N) is 2. The number of carbonyl (C=O) groups is 3. The molecule has 0 bridgehead atoms. The van der Waals surface area contributed by atoms with Gasteiger partial charge in [-0.1, -0.05) is 44.5 Å². The molecule has 2 N–H and O–H groups in total. The lowest BCUT2D eigenvalue weighted by atomic mass is 9.75. The second-order valence-corrected chi connectivity index (χ2v) is 11.4. The van der Waals surface area contributed by atoms with Crippen molar-refractivity contribution in [2.45, 2.75) is 58.3 Å². The Labute approximate surface area is 207 Å². The monoisotopic (exact) mass is 501 g/mol. The molecule has 192 valence electrons. The number of esters is 2. The molecule has 10 heteroatoms. The zero-order valence-electron chi connectivity index (χ0n) is 23.5. The summed E-state index contributed by atoms with van der Waals surface area (Å²) in [5.74, 6) is -2.69. The number of amides is 1. The zero-order chi connectivity index (χ0) is 28.5. The van der Waals surface area contributed by atoms with E-state index in [1.807, 2.05) is 11.5 Å². The van der Waals surface area contributed by atoms with Gasteiger partial charge in [0.1, 0.15) is 5.75 Å². The van der Waals surface area contributed by atoms with Gasteiger partial charge in [0.2, 0.25) is 5.91 Å². The Morgan fingerprint density at radius 2 is 1.74 bits per heavy atom. The van der Waals surface area contributed by atoms with Gasteiger partial charge in [-0.2, -0.15) is 0 Å².